The zero-order valence-corrected chi connectivity index (χ0v) is 14.1. The highest BCUT2D eigenvalue weighted by atomic mass is 35.5. The first-order chi connectivity index (χ1) is 10.8. The number of anilines is 2. The van der Waals surface area contributed by atoms with E-state index in [4.69, 9.17) is 11.6 Å². The van der Waals surface area contributed by atoms with Crippen molar-refractivity contribution in [1.29, 1.82) is 0 Å². The minimum absolute atomic E-state index is 0.303. The maximum absolute atomic E-state index is 12.2. The molecule has 6 nitrogen and oxygen atoms in total. The van der Waals surface area contributed by atoms with Gasteiger partial charge in [0.25, 0.3) is 5.91 Å². The van der Waals surface area contributed by atoms with E-state index < -0.39 is 10.2 Å². The molecular weight excluding hydrogens is 338 g/mol. The molecule has 1 amide bonds. The lowest BCUT2D eigenvalue weighted by Gasteiger charge is -2.14. The van der Waals surface area contributed by atoms with Gasteiger partial charge in [-0.15, -0.1) is 0 Å². The Morgan fingerprint density at radius 1 is 1.04 bits per heavy atom. The van der Waals surface area contributed by atoms with E-state index in [1.54, 1.807) is 42.5 Å². The Bertz CT molecular complexity index is 822. The van der Waals surface area contributed by atoms with Gasteiger partial charge in [-0.3, -0.25) is 9.52 Å². The largest absolute Gasteiger partial charge is 0.322 e. The summed E-state index contributed by atoms with van der Waals surface area (Å²) in [7, 11) is -0.795. The number of hydrogen-bond donors (Lipinski definition) is 2. The van der Waals surface area contributed by atoms with E-state index in [1.807, 2.05) is 0 Å². The summed E-state index contributed by atoms with van der Waals surface area (Å²) in [5, 5.41) is 3.21. The van der Waals surface area contributed by atoms with Crippen molar-refractivity contribution in [3.8, 4) is 0 Å². The van der Waals surface area contributed by atoms with Crippen molar-refractivity contribution >= 4 is 39.1 Å². The number of hydrogen-bond acceptors (Lipinski definition) is 3. The number of amides is 1. The highest BCUT2D eigenvalue weighted by molar-refractivity contribution is 7.90. The normalized spacial score (nSPS) is 11.3. The molecule has 122 valence electrons. The molecule has 0 aromatic heterocycles. The minimum Gasteiger partial charge on any atom is -0.322 e. The summed E-state index contributed by atoms with van der Waals surface area (Å²) in [6, 6.07) is 13.0. The molecule has 0 saturated carbocycles. The molecule has 0 heterocycles. The van der Waals surface area contributed by atoms with Gasteiger partial charge in [-0.25, -0.2) is 0 Å². The van der Waals surface area contributed by atoms with E-state index in [2.05, 4.69) is 10.0 Å². The molecule has 23 heavy (non-hydrogen) atoms. The summed E-state index contributed by atoms with van der Waals surface area (Å²) < 4.78 is 27.0. The second kappa shape index (κ2) is 6.99. The molecule has 0 bridgehead atoms. The Hall–Kier alpha value is -2.09. The quantitative estimate of drug-likeness (QED) is 0.867. The predicted molar refractivity (Wildman–Crippen MR) is 92.1 cm³/mol. The molecule has 0 fully saturated rings. The van der Waals surface area contributed by atoms with Crippen molar-refractivity contribution in [2.45, 2.75) is 0 Å². The van der Waals surface area contributed by atoms with Crippen LogP contribution in [-0.4, -0.2) is 32.7 Å². The van der Waals surface area contributed by atoms with Crippen LogP contribution in [0.25, 0.3) is 0 Å². The van der Waals surface area contributed by atoms with Crippen LogP contribution < -0.4 is 10.0 Å². The summed E-state index contributed by atoms with van der Waals surface area (Å²) in [5.74, 6) is -0.363. The minimum atomic E-state index is -3.62. The highest BCUT2D eigenvalue weighted by Gasteiger charge is 2.14. The molecule has 0 aliphatic carbocycles. The van der Waals surface area contributed by atoms with E-state index in [9.17, 15) is 13.2 Å². The van der Waals surface area contributed by atoms with Gasteiger partial charge in [-0.1, -0.05) is 23.7 Å². The van der Waals surface area contributed by atoms with Crippen LogP contribution in [0.1, 0.15) is 10.4 Å². The average molecular weight is 354 g/mol. The van der Waals surface area contributed by atoms with Crippen molar-refractivity contribution in [2.24, 2.45) is 0 Å². The van der Waals surface area contributed by atoms with Crippen LogP contribution >= 0.6 is 11.6 Å². The summed E-state index contributed by atoms with van der Waals surface area (Å²) in [6.07, 6.45) is 0. The van der Waals surface area contributed by atoms with E-state index in [0.29, 0.717) is 22.0 Å². The number of halogens is 1. The molecule has 2 aromatic rings. The fourth-order valence-electron chi connectivity index (χ4n) is 1.73. The number of nitrogens with one attached hydrogen (secondary N) is 2. The van der Waals surface area contributed by atoms with Gasteiger partial charge in [-0.2, -0.15) is 12.7 Å². The van der Waals surface area contributed by atoms with Gasteiger partial charge in [-0.05, 0) is 36.4 Å². The molecule has 8 heteroatoms. The Balaban J connectivity index is 2.17. The monoisotopic (exact) mass is 353 g/mol. The second-order valence-electron chi connectivity index (χ2n) is 4.93. The van der Waals surface area contributed by atoms with Crippen LogP contribution in [0.15, 0.2) is 48.5 Å². The van der Waals surface area contributed by atoms with Crippen LogP contribution in [-0.2, 0) is 10.2 Å². The summed E-state index contributed by atoms with van der Waals surface area (Å²) in [4.78, 5) is 12.2. The number of benzene rings is 2. The lowest BCUT2D eigenvalue weighted by Crippen LogP contribution is -2.29. The Labute approximate surface area is 140 Å². The standard InChI is InChI=1S/C15H16ClN3O3S/c1-19(2)23(21,22)18-14-8-3-5-11(9-14)15(20)17-13-7-4-6-12(16)10-13/h3-10,18H,1-2H3,(H,17,20). The van der Waals surface area contributed by atoms with Crippen molar-refractivity contribution in [3.63, 3.8) is 0 Å². The third-order valence-electron chi connectivity index (χ3n) is 2.93. The third-order valence-corrected chi connectivity index (χ3v) is 4.62. The SMILES string of the molecule is CN(C)S(=O)(=O)Nc1cccc(C(=O)Nc2cccc(Cl)c2)c1. The van der Waals surface area contributed by atoms with Gasteiger partial charge in [0.2, 0.25) is 0 Å². The molecule has 2 N–H and O–H groups in total. The number of rotatable bonds is 5. The zero-order chi connectivity index (χ0) is 17.0. The zero-order valence-electron chi connectivity index (χ0n) is 12.6. The predicted octanol–water partition coefficient (Wildman–Crippen LogP) is 2.81. The first-order valence-corrected chi connectivity index (χ1v) is 8.47. The van der Waals surface area contributed by atoms with E-state index in [-0.39, 0.29) is 5.91 Å². The topological polar surface area (TPSA) is 78.5 Å². The molecule has 0 aliphatic heterocycles. The van der Waals surface area contributed by atoms with Gasteiger partial charge in [0.1, 0.15) is 0 Å². The maximum Gasteiger partial charge on any atom is 0.301 e. The van der Waals surface area contributed by atoms with Crippen LogP contribution in [0, 0.1) is 0 Å². The van der Waals surface area contributed by atoms with Gasteiger partial charge in [0, 0.05) is 30.4 Å². The van der Waals surface area contributed by atoms with Crippen LogP contribution in [0.4, 0.5) is 11.4 Å². The molecule has 0 atom stereocenters. The molecule has 2 rings (SSSR count). The van der Waals surface area contributed by atoms with Gasteiger partial charge >= 0.3 is 10.2 Å². The van der Waals surface area contributed by atoms with Crippen molar-refractivity contribution < 1.29 is 13.2 Å². The Morgan fingerprint density at radius 3 is 2.35 bits per heavy atom. The molecule has 0 aliphatic rings. The van der Waals surface area contributed by atoms with E-state index >= 15 is 0 Å². The molecule has 0 unspecified atom stereocenters. The van der Waals surface area contributed by atoms with E-state index in [0.717, 1.165) is 4.31 Å². The average Bonchev–Trinajstić information content (AvgIpc) is 2.47. The maximum atomic E-state index is 12.2. The molecule has 0 spiro atoms. The summed E-state index contributed by atoms with van der Waals surface area (Å²) >= 11 is 5.87. The van der Waals surface area contributed by atoms with Crippen LogP contribution in [0.5, 0.6) is 0 Å². The lowest BCUT2D eigenvalue weighted by atomic mass is 10.2. The molecule has 2 aromatic carbocycles. The van der Waals surface area contributed by atoms with Gasteiger partial charge < -0.3 is 5.32 Å². The molecule has 0 radical (unpaired) electrons. The fourth-order valence-corrected chi connectivity index (χ4v) is 2.53. The van der Waals surface area contributed by atoms with Gasteiger partial charge in [0.05, 0.1) is 5.69 Å². The lowest BCUT2D eigenvalue weighted by molar-refractivity contribution is 0.102. The first kappa shape index (κ1) is 17.3. The number of carbonyl (C=O) groups is 1. The smallest absolute Gasteiger partial charge is 0.301 e. The van der Waals surface area contributed by atoms with Crippen molar-refractivity contribution in [1.82, 2.24) is 4.31 Å². The number of nitrogens with zero attached hydrogens (tertiary/aromatic N) is 1. The molecular formula is C15H16ClN3O3S. The van der Waals surface area contributed by atoms with Crippen LogP contribution in [0.3, 0.4) is 0 Å². The molecule has 0 saturated heterocycles. The summed E-state index contributed by atoms with van der Waals surface area (Å²) in [6.45, 7) is 0. The van der Waals surface area contributed by atoms with Gasteiger partial charge in [0.15, 0.2) is 0 Å². The number of carbonyl (C=O) groups excluding carboxylic acids is 1. The van der Waals surface area contributed by atoms with E-state index in [1.165, 1.54) is 20.2 Å². The second-order valence-corrected chi connectivity index (χ2v) is 7.26. The van der Waals surface area contributed by atoms with Crippen LogP contribution in [0.2, 0.25) is 5.02 Å². The first-order valence-electron chi connectivity index (χ1n) is 6.65. The Kier molecular flexibility index (Phi) is 5.25. The summed E-state index contributed by atoms with van der Waals surface area (Å²) in [5.41, 5.74) is 1.18. The Morgan fingerprint density at radius 2 is 1.70 bits per heavy atom. The fraction of sp³-hybridized carbons (Fsp3) is 0.133. The highest BCUT2D eigenvalue weighted by Crippen LogP contribution is 2.18. The third kappa shape index (κ3) is 4.69. The van der Waals surface area contributed by atoms with Crippen molar-refractivity contribution in [2.75, 3.05) is 24.1 Å². The van der Waals surface area contributed by atoms with Crippen molar-refractivity contribution in [3.05, 3.63) is 59.1 Å².